The Morgan fingerprint density at radius 1 is 1.23 bits per heavy atom. The zero-order chi connectivity index (χ0) is 18.5. The third-order valence-corrected chi connectivity index (χ3v) is 5.92. The average Bonchev–Trinajstić information content (AvgIpc) is 2.99. The van der Waals surface area contributed by atoms with Gasteiger partial charge in [0.1, 0.15) is 11.5 Å². The van der Waals surface area contributed by atoms with Gasteiger partial charge in [-0.15, -0.1) is 0 Å². The monoisotopic (exact) mass is 372 g/mol. The number of benzene rings is 1. The molecule has 0 bridgehead atoms. The summed E-state index contributed by atoms with van der Waals surface area (Å²) in [6.45, 7) is 7.52. The van der Waals surface area contributed by atoms with Crippen LogP contribution in [0.15, 0.2) is 28.7 Å². The van der Waals surface area contributed by atoms with Gasteiger partial charge in [-0.3, -0.25) is 4.79 Å². The van der Waals surface area contributed by atoms with Crippen molar-refractivity contribution < 1.29 is 9.21 Å². The van der Waals surface area contributed by atoms with Gasteiger partial charge in [-0.1, -0.05) is 50.9 Å². The van der Waals surface area contributed by atoms with E-state index < -0.39 is 5.41 Å². The number of amides is 1. The van der Waals surface area contributed by atoms with E-state index in [1.165, 1.54) is 0 Å². The Hall–Kier alpha value is -1.81. The maximum Gasteiger partial charge on any atom is 0.233 e. The molecular weight excluding hydrogens is 348 g/mol. The average molecular weight is 373 g/mol. The van der Waals surface area contributed by atoms with Crippen LogP contribution in [-0.2, 0) is 28.6 Å². The SMILES string of the molecule is CC(C)(C)c1nc2c(o1)CCN(C(=O)C1(c3ccc(Cl)cc3)CCC1)C2. The van der Waals surface area contributed by atoms with E-state index in [1.807, 2.05) is 29.2 Å². The molecule has 2 aromatic rings. The number of oxazole rings is 1. The summed E-state index contributed by atoms with van der Waals surface area (Å²) in [7, 11) is 0. The summed E-state index contributed by atoms with van der Waals surface area (Å²) in [5.41, 5.74) is 1.49. The Bertz CT molecular complexity index is 829. The number of carbonyl (C=O) groups is 1. The van der Waals surface area contributed by atoms with E-state index >= 15 is 0 Å². The first-order valence-electron chi connectivity index (χ1n) is 9.34. The molecule has 138 valence electrons. The van der Waals surface area contributed by atoms with Crippen LogP contribution in [0.25, 0.3) is 0 Å². The van der Waals surface area contributed by atoms with Crippen LogP contribution in [0.2, 0.25) is 5.02 Å². The highest BCUT2D eigenvalue weighted by atomic mass is 35.5. The molecule has 4 rings (SSSR count). The van der Waals surface area contributed by atoms with Crippen molar-refractivity contribution in [2.24, 2.45) is 0 Å². The summed E-state index contributed by atoms with van der Waals surface area (Å²) in [6, 6.07) is 7.77. The van der Waals surface area contributed by atoms with Crippen LogP contribution in [0, 0.1) is 0 Å². The van der Waals surface area contributed by atoms with Gasteiger partial charge in [-0.2, -0.15) is 0 Å². The second kappa shape index (κ2) is 6.12. The lowest BCUT2D eigenvalue weighted by atomic mass is 9.63. The van der Waals surface area contributed by atoms with E-state index in [9.17, 15) is 4.79 Å². The number of fused-ring (bicyclic) bond motifs is 1. The quantitative estimate of drug-likeness (QED) is 0.771. The fraction of sp³-hybridized carbons (Fsp3) is 0.524. The van der Waals surface area contributed by atoms with E-state index in [2.05, 4.69) is 25.8 Å². The molecule has 0 N–H and O–H groups in total. The lowest BCUT2D eigenvalue weighted by molar-refractivity contribution is -0.142. The van der Waals surface area contributed by atoms with Crippen molar-refractivity contribution in [3.8, 4) is 0 Å². The summed E-state index contributed by atoms with van der Waals surface area (Å²) >= 11 is 6.03. The van der Waals surface area contributed by atoms with Gasteiger partial charge in [-0.05, 0) is 30.5 Å². The van der Waals surface area contributed by atoms with Crippen LogP contribution < -0.4 is 0 Å². The Labute approximate surface area is 159 Å². The van der Waals surface area contributed by atoms with Crippen molar-refractivity contribution in [2.75, 3.05) is 6.54 Å². The first kappa shape index (κ1) is 17.6. The van der Waals surface area contributed by atoms with Crippen LogP contribution in [-0.4, -0.2) is 22.3 Å². The molecule has 1 aliphatic carbocycles. The number of rotatable bonds is 2. The normalized spacial score (nSPS) is 19.0. The zero-order valence-corrected chi connectivity index (χ0v) is 16.4. The highest BCUT2D eigenvalue weighted by Crippen LogP contribution is 2.46. The van der Waals surface area contributed by atoms with Gasteiger partial charge in [0.2, 0.25) is 5.91 Å². The van der Waals surface area contributed by atoms with Gasteiger partial charge in [0.25, 0.3) is 0 Å². The van der Waals surface area contributed by atoms with Crippen LogP contribution in [0.1, 0.15) is 62.9 Å². The summed E-state index contributed by atoms with van der Waals surface area (Å²) in [6.07, 6.45) is 3.64. The summed E-state index contributed by atoms with van der Waals surface area (Å²) in [5, 5.41) is 0.704. The Morgan fingerprint density at radius 2 is 1.92 bits per heavy atom. The smallest absolute Gasteiger partial charge is 0.233 e. The fourth-order valence-electron chi connectivity index (χ4n) is 3.92. The predicted octanol–water partition coefficient (Wildman–Crippen LogP) is 4.63. The molecule has 2 aliphatic rings. The van der Waals surface area contributed by atoms with E-state index in [-0.39, 0.29) is 11.3 Å². The first-order chi connectivity index (χ1) is 12.3. The Balaban J connectivity index is 1.59. The lowest BCUT2D eigenvalue weighted by Gasteiger charge is -2.44. The highest BCUT2D eigenvalue weighted by Gasteiger charge is 2.48. The molecular formula is C21H25ClN2O2. The van der Waals surface area contributed by atoms with Crippen molar-refractivity contribution in [2.45, 2.75) is 63.8 Å². The van der Waals surface area contributed by atoms with E-state index in [0.29, 0.717) is 18.1 Å². The summed E-state index contributed by atoms with van der Waals surface area (Å²) in [4.78, 5) is 20.1. The molecule has 1 aromatic carbocycles. The molecule has 1 amide bonds. The molecule has 26 heavy (non-hydrogen) atoms. The fourth-order valence-corrected chi connectivity index (χ4v) is 4.05. The second-order valence-corrected chi connectivity index (χ2v) is 8.99. The minimum Gasteiger partial charge on any atom is -0.445 e. The van der Waals surface area contributed by atoms with E-state index in [1.54, 1.807) is 0 Å². The number of halogens is 1. The van der Waals surface area contributed by atoms with Crippen molar-refractivity contribution in [1.29, 1.82) is 0 Å². The van der Waals surface area contributed by atoms with Crippen molar-refractivity contribution in [3.63, 3.8) is 0 Å². The molecule has 0 unspecified atom stereocenters. The topological polar surface area (TPSA) is 46.3 Å². The Morgan fingerprint density at radius 3 is 2.50 bits per heavy atom. The van der Waals surface area contributed by atoms with E-state index in [4.69, 9.17) is 16.0 Å². The van der Waals surface area contributed by atoms with Gasteiger partial charge >= 0.3 is 0 Å². The molecule has 0 radical (unpaired) electrons. The van der Waals surface area contributed by atoms with E-state index in [0.717, 1.165) is 48.6 Å². The van der Waals surface area contributed by atoms with Crippen LogP contribution in [0.4, 0.5) is 0 Å². The van der Waals surface area contributed by atoms with Gasteiger partial charge in [0.15, 0.2) is 5.89 Å². The van der Waals surface area contributed by atoms with Gasteiger partial charge < -0.3 is 9.32 Å². The second-order valence-electron chi connectivity index (χ2n) is 8.56. The number of carbonyl (C=O) groups excluding carboxylic acids is 1. The summed E-state index contributed by atoms with van der Waals surface area (Å²) in [5.74, 6) is 1.91. The van der Waals surface area contributed by atoms with Gasteiger partial charge in [0, 0.05) is 23.4 Å². The molecule has 1 saturated carbocycles. The molecule has 2 heterocycles. The van der Waals surface area contributed by atoms with Crippen LogP contribution in [0.3, 0.4) is 0 Å². The first-order valence-corrected chi connectivity index (χ1v) is 9.72. The van der Waals surface area contributed by atoms with Crippen molar-refractivity contribution >= 4 is 17.5 Å². The third-order valence-electron chi connectivity index (χ3n) is 5.67. The van der Waals surface area contributed by atoms with Crippen molar-refractivity contribution in [3.05, 3.63) is 52.2 Å². The highest BCUT2D eigenvalue weighted by molar-refractivity contribution is 6.30. The van der Waals surface area contributed by atoms with Crippen LogP contribution in [0.5, 0.6) is 0 Å². The number of aromatic nitrogens is 1. The Kier molecular flexibility index (Phi) is 4.14. The summed E-state index contributed by atoms with van der Waals surface area (Å²) < 4.78 is 5.96. The minimum atomic E-state index is -0.390. The number of hydrogen-bond acceptors (Lipinski definition) is 3. The largest absolute Gasteiger partial charge is 0.445 e. The molecule has 0 saturated heterocycles. The number of hydrogen-bond donors (Lipinski definition) is 0. The maximum absolute atomic E-state index is 13.4. The minimum absolute atomic E-state index is 0.120. The maximum atomic E-state index is 13.4. The van der Waals surface area contributed by atoms with Crippen LogP contribution >= 0.6 is 11.6 Å². The molecule has 4 nitrogen and oxygen atoms in total. The molecule has 5 heteroatoms. The standard InChI is InChI=1S/C21H25ClN2O2/c1-20(2,3)18-23-16-13-24(12-9-17(16)26-18)19(25)21(10-4-11-21)14-5-7-15(22)8-6-14/h5-8H,4,9-13H2,1-3H3. The van der Waals surface area contributed by atoms with Crippen molar-refractivity contribution in [1.82, 2.24) is 9.88 Å². The number of nitrogens with zero attached hydrogens (tertiary/aromatic N) is 2. The molecule has 1 aliphatic heterocycles. The predicted molar refractivity (Wildman–Crippen MR) is 101 cm³/mol. The molecule has 1 aromatic heterocycles. The molecule has 0 atom stereocenters. The molecule has 0 spiro atoms. The third kappa shape index (κ3) is 2.84. The van der Waals surface area contributed by atoms with Gasteiger partial charge in [0.05, 0.1) is 12.0 Å². The lowest BCUT2D eigenvalue weighted by Crippen LogP contribution is -2.52. The molecule has 1 fully saturated rings. The zero-order valence-electron chi connectivity index (χ0n) is 15.6. The van der Waals surface area contributed by atoms with Gasteiger partial charge in [-0.25, -0.2) is 4.98 Å².